The zero-order chi connectivity index (χ0) is 19.1. The van der Waals surface area contributed by atoms with E-state index in [0.29, 0.717) is 5.56 Å². The van der Waals surface area contributed by atoms with Gasteiger partial charge >= 0.3 is 5.97 Å². The van der Waals surface area contributed by atoms with Crippen LogP contribution in [0.5, 0.6) is 5.75 Å². The number of phenolic OH excluding ortho intramolecular Hbond substituents is 1. The van der Waals surface area contributed by atoms with Crippen LogP contribution in [0.15, 0.2) is 67.2 Å². The van der Waals surface area contributed by atoms with E-state index in [1.807, 2.05) is 30.3 Å². The fourth-order valence-electron chi connectivity index (χ4n) is 3.37. The van der Waals surface area contributed by atoms with E-state index in [2.05, 4.69) is 11.9 Å². The third-order valence-corrected chi connectivity index (χ3v) is 4.64. The Labute approximate surface area is 155 Å². The lowest BCUT2D eigenvalue weighted by Crippen LogP contribution is -2.14. The SMILES string of the molecule is C=C1c2ccccc2-c2cccc(C(=O)Nc3cc(C(=O)O)ccc3O)c21. The highest BCUT2D eigenvalue weighted by atomic mass is 16.4. The summed E-state index contributed by atoms with van der Waals surface area (Å²) in [5, 5.41) is 21.7. The van der Waals surface area contributed by atoms with Crippen molar-refractivity contribution in [1.82, 2.24) is 0 Å². The maximum Gasteiger partial charge on any atom is 0.335 e. The predicted molar refractivity (Wildman–Crippen MR) is 103 cm³/mol. The molecule has 0 radical (unpaired) electrons. The Hall–Kier alpha value is -3.86. The van der Waals surface area contributed by atoms with Gasteiger partial charge in [-0.15, -0.1) is 0 Å². The van der Waals surface area contributed by atoms with Crippen LogP contribution in [0, 0.1) is 0 Å². The molecule has 0 heterocycles. The fraction of sp³-hybridized carbons (Fsp3) is 0. The Bertz CT molecular complexity index is 1130. The summed E-state index contributed by atoms with van der Waals surface area (Å²) in [6.45, 7) is 4.13. The molecule has 1 aliphatic rings. The number of rotatable bonds is 3. The fourth-order valence-corrected chi connectivity index (χ4v) is 3.37. The summed E-state index contributed by atoms with van der Waals surface area (Å²) in [6, 6.07) is 16.9. The van der Waals surface area contributed by atoms with Gasteiger partial charge in [-0.3, -0.25) is 4.79 Å². The molecule has 132 valence electrons. The van der Waals surface area contributed by atoms with Crippen LogP contribution >= 0.6 is 0 Å². The molecule has 0 saturated heterocycles. The van der Waals surface area contributed by atoms with Crippen molar-refractivity contribution < 1.29 is 19.8 Å². The lowest BCUT2D eigenvalue weighted by molar-refractivity contribution is 0.0696. The lowest BCUT2D eigenvalue weighted by atomic mass is 9.98. The third kappa shape index (κ3) is 2.66. The Morgan fingerprint density at radius 3 is 2.33 bits per heavy atom. The number of carbonyl (C=O) groups excluding carboxylic acids is 1. The minimum absolute atomic E-state index is 0.0294. The molecule has 27 heavy (non-hydrogen) atoms. The highest BCUT2D eigenvalue weighted by molar-refractivity contribution is 6.14. The summed E-state index contributed by atoms with van der Waals surface area (Å²) in [7, 11) is 0. The normalized spacial score (nSPS) is 11.6. The zero-order valence-corrected chi connectivity index (χ0v) is 14.2. The number of anilines is 1. The van der Waals surface area contributed by atoms with Crippen LogP contribution in [-0.2, 0) is 0 Å². The first-order valence-corrected chi connectivity index (χ1v) is 8.27. The minimum Gasteiger partial charge on any atom is -0.506 e. The first kappa shape index (κ1) is 16.6. The number of fused-ring (bicyclic) bond motifs is 3. The quantitative estimate of drug-likeness (QED) is 0.475. The van der Waals surface area contributed by atoms with Crippen LogP contribution in [0.4, 0.5) is 5.69 Å². The van der Waals surface area contributed by atoms with Crippen molar-refractivity contribution in [1.29, 1.82) is 0 Å². The molecule has 3 aromatic rings. The Balaban J connectivity index is 1.75. The standard InChI is InChI=1S/C22H15NO4/c1-12-14-5-2-3-6-15(14)16-7-4-8-17(20(12)16)21(25)23-18-11-13(22(26)27)9-10-19(18)24/h2-11,24H,1H2,(H,23,25)(H,26,27). The smallest absolute Gasteiger partial charge is 0.335 e. The van der Waals surface area contributed by atoms with Crippen LogP contribution in [-0.4, -0.2) is 22.1 Å². The molecule has 0 aliphatic heterocycles. The van der Waals surface area contributed by atoms with Crippen LogP contribution < -0.4 is 5.32 Å². The average molecular weight is 357 g/mol. The van der Waals surface area contributed by atoms with Gasteiger partial charge in [0.25, 0.3) is 5.91 Å². The van der Waals surface area contributed by atoms with Gasteiger partial charge in [-0.2, -0.15) is 0 Å². The van der Waals surface area contributed by atoms with Crippen molar-refractivity contribution >= 4 is 23.1 Å². The van der Waals surface area contributed by atoms with Crippen molar-refractivity contribution in [3.8, 4) is 16.9 Å². The van der Waals surface area contributed by atoms with E-state index < -0.39 is 11.9 Å². The minimum atomic E-state index is -1.14. The number of benzene rings is 3. The predicted octanol–water partition coefficient (Wildman–Crippen LogP) is 4.38. The summed E-state index contributed by atoms with van der Waals surface area (Å²) < 4.78 is 0. The molecule has 3 N–H and O–H groups in total. The van der Waals surface area contributed by atoms with Crippen molar-refractivity contribution in [2.45, 2.75) is 0 Å². The first-order valence-electron chi connectivity index (χ1n) is 8.27. The van der Waals surface area contributed by atoms with Gasteiger partial charge in [0.2, 0.25) is 0 Å². The molecule has 4 rings (SSSR count). The molecular formula is C22H15NO4. The molecule has 0 spiro atoms. The van der Waals surface area contributed by atoms with E-state index in [0.717, 1.165) is 27.8 Å². The number of carboxylic acid groups (broad SMARTS) is 1. The van der Waals surface area contributed by atoms with E-state index in [4.69, 9.17) is 5.11 Å². The van der Waals surface area contributed by atoms with Gasteiger partial charge in [-0.05, 0) is 46.5 Å². The highest BCUT2D eigenvalue weighted by Crippen LogP contribution is 2.44. The number of phenols is 1. The topological polar surface area (TPSA) is 86.6 Å². The molecule has 3 aromatic carbocycles. The molecule has 0 fully saturated rings. The van der Waals surface area contributed by atoms with Crippen LogP contribution in [0.3, 0.4) is 0 Å². The maximum absolute atomic E-state index is 12.9. The summed E-state index contributed by atoms with van der Waals surface area (Å²) >= 11 is 0. The Morgan fingerprint density at radius 2 is 1.59 bits per heavy atom. The second-order valence-electron chi connectivity index (χ2n) is 6.24. The first-order chi connectivity index (χ1) is 13.0. The molecule has 0 aromatic heterocycles. The van der Waals surface area contributed by atoms with Crippen molar-refractivity contribution in [2.24, 2.45) is 0 Å². The van der Waals surface area contributed by atoms with Gasteiger partial charge < -0.3 is 15.5 Å². The van der Waals surface area contributed by atoms with E-state index in [1.54, 1.807) is 12.1 Å². The molecular weight excluding hydrogens is 342 g/mol. The number of aromatic hydroxyl groups is 1. The molecule has 0 saturated carbocycles. The van der Waals surface area contributed by atoms with E-state index in [1.165, 1.54) is 18.2 Å². The van der Waals surface area contributed by atoms with Gasteiger partial charge in [-0.1, -0.05) is 43.0 Å². The van der Waals surface area contributed by atoms with Gasteiger partial charge in [0.15, 0.2) is 0 Å². The van der Waals surface area contributed by atoms with Crippen LogP contribution in [0.2, 0.25) is 0 Å². The zero-order valence-electron chi connectivity index (χ0n) is 14.2. The second-order valence-corrected chi connectivity index (χ2v) is 6.24. The number of amides is 1. The number of carboxylic acids is 1. The molecule has 0 atom stereocenters. The van der Waals surface area contributed by atoms with Gasteiger partial charge in [0.05, 0.1) is 11.3 Å². The van der Waals surface area contributed by atoms with E-state index in [9.17, 15) is 14.7 Å². The number of hydrogen-bond acceptors (Lipinski definition) is 3. The molecule has 1 aliphatic carbocycles. The molecule has 0 unspecified atom stereocenters. The summed E-state index contributed by atoms with van der Waals surface area (Å²) in [4.78, 5) is 24.0. The summed E-state index contributed by atoms with van der Waals surface area (Å²) in [5.41, 5.74) is 4.84. The van der Waals surface area contributed by atoms with Gasteiger partial charge in [-0.25, -0.2) is 4.79 Å². The van der Waals surface area contributed by atoms with Crippen molar-refractivity contribution in [3.05, 3.63) is 89.5 Å². The monoisotopic (exact) mass is 357 g/mol. The second kappa shape index (κ2) is 6.14. The molecule has 0 bridgehead atoms. The summed E-state index contributed by atoms with van der Waals surface area (Å²) in [6.07, 6.45) is 0. The highest BCUT2D eigenvalue weighted by Gasteiger charge is 2.26. The Morgan fingerprint density at radius 1 is 0.889 bits per heavy atom. The van der Waals surface area contributed by atoms with Crippen molar-refractivity contribution in [3.63, 3.8) is 0 Å². The van der Waals surface area contributed by atoms with Gasteiger partial charge in [0, 0.05) is 11.1 Å². The van der Waals surface area contributed by atoms with E-state index in [-0.39, 0.29) is 17.0 Å². The van der Waals surface area contributed by atoms with Crippen molar-refractivity contribution in [2.75, 3.05) is 5.32 Å². The molecule has 1 amide bonds. The third-order valence-electron chi connectivity index (χ3n) is 4.64. The number of aromatic carboxylic acids is 1. The largest absolute Gasteiger partial charge is 0.506 e. The lowest BCUT2D eigenvalue weighted by Gasteiger charge is -2.12. The Kier molecular flexibility index (Phi) is 3.78. The number of carbonyl (C=O) groups is 2. The number of nitrogens with one attached hydrogen (secondary N) is 1. The number of hydrogen-bond donors (Lipinski definition) is 3. The maximum atomic E-state index is 12.9. The average Bonchev–Trinajstić information content (AvgIpc) is 2.96. The van der Waals surface area contributed by atoms with Crippen LogP contribution in [0.1, 0.15) is 31.8 Å². The summed E-state index contributed by atoms with van der Waals surface area (Å²) in [5.74, 6) is -1.79. The van der Waals surface area contributed by atoms with Crippen LogP contribution in [0.25, 0.3) is 16.7 Å². The van der Waals surface area contributed by atoms with E-state index >= 15 is 0 Å². The molecule has 5 nitrogen and oxygen atoms in total. The molecule has 5 heteroatoms. The van der Waals surface area contributed by atoms with Gasteiger partial charge in [0.1, 0.15) is 5.75 Å².